The molecule has 1 aliphatic carbocycles. The molecule has 0 unspecified atom stereocenters. The van der Waals surface area contributed by atoms with Crippen LogP contribution >= 0.6 is 38.9 Å². The van der Waals surface area contributed by atoms with Crippen LogP contribution in [0.25, 0.3) is 6.08 Å². The van der Waals surface area contributed by atoms with Crippen molar-refractivity contribution in [2.24, 2.45) is 0 Å². The van der Waals surface area contributed by atoms with Crippen LogP contribution in [0.1, 0.15) is 46.1 Å². The number of carbonyl (C=O) groups is 2. The summed E-state index contributed by atoms with van der Waals surface area (Å²) in [6, 6.07) is 4.88. The first-order valence-corrected chi connectivity index (χ1v) is 11.3. The van der Waals surface area contributed by atoms with Crippen LogP contribution in [0.15, 0.2) is 22.2 Å². The number of hydrogen-bond acceptors (Lipinski definition) is 6. The molecule has 0 saturated heterocycles. The summed E-state index contributed by atoms with van der Waals surface area (Å²) in [5, 5.41) is 22.8. The van der Waals surface area contributed by atoms with Crippen molar-refractivity contribution in [3.63, 3.8) is 0 Å². The van der Waals surface area contributed by atoms with Gasteiger partial charge in [0.15, 0.2) is 0 Å². The number of nitrogens with zero attached hydrogens (tertiary/aromatic N) is 1. The number of nitrogens with one attached hydrogen (secondary N) is 1. The fourth-order valence-electron chi connectivity index (χ4n) is 3.24. The molecule has 30 heavy (non-hydrogen) atoms. The minimum Gasteiger partial charge on any atom is -0.506 e. The molecular weight excluding hydrogens is 492 g/mol. The minimum atomic E-state index is -0.683. The zero-order chi connectivity index (χ0) is 21.8. The van der Waals surface area contributed by atoms with Crippen LogP contribution in [0.2, 0.25) is 5.02 Å². The molecule has 0 aliphatic heterocycles. The van der Waals surface area contributed by atoms with Crippen molar-refractivity contribution in [3.8, 4) is 11.8 Å². The van der Waals surface area contributed by atoms with Crippen LogP contribution in [-0.4, -0.2) is 23.6 Å². The van der Waals surface area contributed by atoms with Crippen LogP contribution in [-0.2, 0) is 22.4 Å². The third-order valence-electron chi connectivity index (χ3n) is 4.60. The SMILES string of the molecule is CCOC(=O)c1c(NC(=O)/C(C#N)=C/c2cc(Br)cc(Cl)c2O)sc2c1CCCC2. The molecular formula is C21H18BrClN2O4S. The number of esters is 1. The summed E-state index contributed by atoms with van der Waals surface area (Å²) < 4.78 is 5.77. The number of phenolic OH excluding ortho intramolecular Hbond substituents is 1. The highest BCUT2D eigenvalue weighted by Crippen LogP contribution is 2.39. The van der Waals surface area contributed by atoms with Crippen LogP contribution in [0.3, 0.4) is 0 Å². The Bertz CT molecular complexity index is 1090. The zero-order valence-electron chi connectivity index (χ0n) is 16.1. The number of hydrogen-bond donors (Lipinski definition) is 2. The maximum atomic E-state index is 12.8. The monoisotopic (exact) mass is 508 g/mol. The van der Waals surface area contributed by atoms with Gasteiger partial charge in [0, 0.05) is 14.9 Å². The van der Waals surface area contributed by atoms with E-state index in [0.29, 0.717) is 15.0 Å². The quantitative estimate of drug-likeness (QED) is 0.316. The summed E-state index contributed by atoms with van der Waals surface area (Å²) in [6.45, 7) is 1.95. The molecule has 0 atom stereocenters. The van der Waals surface area contributed by atoms with Gasteiger partial charge in [-0.3, -0.25) is 4.79 Å². The molecule has 1 aromatic carbocycles. The summed E-state index contributed by atoms with van der Waals surface area (Å²) in [5.74, 6) is -1.40. The number of nitriles is 1. The van der Waals surface area contributed by atoms with Gasteiger partial charge < -0.3 is 15.2 Å². The molecule has 2 N–H and O–H groups in total. The Morgan fingerprint density at radius 3 is 2.83 bits per heavy atom. The molecule has 1 aliphatic rings. The van der Waals surface area contributed by atoms with Crippen molar-refractivity contribution in [1.82, 2.24) is 0 Å². The summed E-state index contributed by atoms with van der Waals surface area (Å²) in [5.41, 5.74) is 1.27. The second-order valence-corrected chi connectivity index (χ2v) is 9.01. The number of carbonyl (C=O) groups excluding carboxylic acids is 2. The number of halogens is 2. The van der Waals surface area contributed by atoms with E-state index in [1.165, 1.54) is 23.5 Å². The fraction of sp³-hybridized carbons (Fsp3) is 0.286. The standard InChI is InChI=1S/C21H18BrClN2O4S/c1-2-29-21(28)17-14-5-3-4-6-16(14)30-20(17)25-19(27)12(10-24)7-11-8-13(22)9-15(23)18(11)26/h7-9,26H,2-6H2,1H3,(H,25,27)/b12-7+. The Morgan fingerprint density at radius 1 is 1.40 bits per heavy atom. The Balaban J connectivity index is 1.96. The van der Waals surface area contributed by atoms with Gasteiger partial charge >= 0.3 is 5.97 Å². The van der Waals surface area contributed by atoms with E-state index in [1.54, 1.807) is 13.0 Å². The van der Waals surface area contributed by atoms with Gasteiger partial charge in [-0.25, -0.2) is 4.79 Å². The van der Waals surface area contributed by atoms with E-state index in [9.17, 15) is 20.0 Å². The molecule has 0 bridgehead atoms. The van der Waals surface area contributed by atoms with Crippen molar-refractivity contribution in [2.45, 2.75) is 32.6 Å². The van der Waals surface area contributed by atoms with Gasteiger partial charge in [-0.1, -0.05) is 27.5 Å². The van der Waals surface area contributed by atoms with E-state index >= 15 is 0 Å². The van der Waals surface area contributed by atoms with Gasteiger partial charge in [0.05, 0.1) is 17.2 Å². The van der Waals surface area contributed by atoms with Crippen molar-refractivity contribution >= 4 is 61.8 Å². The lowest BCUT2D eigenvalue weighted by atomic mass is 9.95. The van der Waals surface area contributed by atoms with E-state index in [2.05, 4.69) is 21.2 Å². The van der Waals surface area contributed by atoms with Crippen molar-refractivity contribution in [3.05, 3.63) is 48.8 Å². The number of thiophene rings is 1. The molecule has 1 aromatic heterocycles. The second-order valence-electron chi connectivity index (χ2n) is 6.58. The van der Waals surface area contributed by atoms with E-state index in [4.69, 9.17) is 16.3 Å². The Kier molecular flexibility index (Phi) is 7.19. The highest BCUT2D eigenvalue weighted by atomic mass is 79.9. The molecule has 1 amide bonds. The van der Waals surface area contributed by atoms with Gasteiger partial charge in [0.2, 0.25) is 0 Å². The topological polar surface area (TPSA) is 99.4 Å². The average Bonchev–Trinajstić information content (AvgIpc) is 3.07. The van der Waals surface area contributed by atoms with Gasteiger partial charge in [-0.2, -0.15) is 5.26 Å². The molecule has 3 rings (SSSR count). The van der Waals surface area contributed by atoms with E-state index in [-0.39, 0.29) is 28.5 Å². The number of amides is 1. The lowest BCUT2D eigenvalue weighted by Gasteiger charge is -2.12. The predicted octanol–water partition coefficient (Wildman–Crippen LogP) is 5.47. The van der Waals surface area contributed by atoms with Gasteiger partial charge in [0.25, 0.3) is 5.91 Å². The maximum absolute atomic E-state index is 12.8. The Hall–Kier alpha value is -2.34. The number of rotatable bonds is 5. The van der Waals surface area contributed by atoms with Gasteiger partial charge in [0.1, 0.15) is 22.4 Å². The highest BCUT2D eigenvalue weighted by Gasteiger charge is 2.27. The van der Waals surface area contributed by atoms with Crippen molar-refractivity contribution in [2.75, 3.05) is 11.9 Å². The summed E-state index contributed by atoms with van der Waals surface area (Å²) in [7, 11) is 0. The number of phenols is 1. The minimum absolute atomic E-state index is 0.0869. The number of aromatic hydroxyl groups is 1. The van der Waals surface area contributed by atoms with Gasteiger partial charge in [-0.05, 0) is 56.4 Å². The number of aryl methyl sites for hydroxylation is 1. The highest BCUT2D eigenvalue weighted by molar-refractivity contribution is 9.10. The first kappa shape index (κ1) is 22.3. The number of ether oxygens (including phenoxy) is 1. The maximum Gasteiger partial charge on any atom is 0.341 e. The van der Waals surface area contributed by atoms with Crippen LogP contribution in [0.5, 0.6) is 5.75 Å². The molecule has 156 valence electrons. The molecule has 2 aromatic rings. The normalized spacial score (nSPS) is 13.3. The lowest BCUT2D eigenvalue weighted by Crippen LogP contribution is -2.16. The largest absolute Gasteiger partial charge is 0.506 e. The predicted molar refractivity (Wildman–Crippen MR) is 120 cm³/mol. The average molecular weight is 510 g/mol. The number of fused-ring (bicyclic) bond motifs is 1. The molecule has 0 radical (unpaired) electrons. The van der Waals surface area contributed by atoms with E-state index in [1.807, 2.05) is 6.07 Å². The van der Waals surface area contributed by atoms with Crippen LogP contribution < -0.4 is 5.32 Å². The van der Waals surface area contributed by atoms with Crippen molar-refractivity contribution in [1.29, 1.82) is 5.26 Å². The Labute approximate surface area is 191 Å². The molecule has 0 saturated carbocycles. The zero-order valence-corrected chi connectivity index (χ0v) is 19.2. The third kappa shape index (κ3) is 4.69. The fourth-order valence-corrected chi connectivity index (χ4v) is 5.35. The first-order chi connectivity index (χ1) is 14.3. The molecule has 6 nitrogen and oxygen atoms in total. The van der Waals surface area contributed by atoms with E-state index < -0.39 is 11.9 Å². The lowest BCUT2D eigenvalue weighted by molar-refractivity contribution is -0.112. The molecule has 9 heteroatoms. The molecule has 0 fully saturated rings. The summed E-state index contributed by atoms with van der Waals surface area (Å²) in [6.07, 6.45) is 4.83. The van der Waals surface area contributed by atoms with Gasteiger partial charge in [-0.15, -0.1) is 11.3 Å². The molecule has 0 spiro atoms. The second kappa shape index (κ2) is 9.65. The van der Waals surface area contributed by atoms with Crippen molar-refractivity contribution < 1.29 is 19.4 Å². The molecule has 1 heterocycles. The summed E-state index contributed by atoms with van der Waals surface area (Å²) in [4.78, 5) is 26.4. The number of anilines is 1. The van der Waals surface area contributed by atoms with Crippen LogP contribution in [0, 0.1) is 11.3 Å². The number of benzene rings is 1. The smallest absolute Gasteiger partial charge is 0.341 e. The van der Waals surface area contributed by atoms with E-state index in [0.717, 1.165) is 36.1 Å². The first-order valence-electron chi connectivity index (χ1n) is 9.28. The third-order valence-corrected chi connectivity index (χ3v) is 6.55. The Morgan fingerprint density at radius 2 is 2.13 bits per heavy atom. The van der Waals surface area contributed by atoms with Crippen LogP contribution in [0.4, 0.5) is 5.00 Å². The summed E-state index contributed by atoms with van der Waals surface area (Å²) >= 11 is 10.6.